The second-order valence-corrected chi connectivity index (χ2v) is 6.74. The van der Waals surface area contributed by atoms with Crippen molar-refractivity contribution in [3.05, 3.63) is 48.7 Å². The molecule has 0 aromatic heterocycles. The van der Waals surface area contributed by atoms with Gasteiger partial charge in [0.05, 0.1) is 16.7 Å². The molecule has 3 aliphatic heterocycles. The highest BCUT2D eigenvalue weighted by Gasteiger charge is 2.18. The Morgan fingerprint density at radius 3 is 2.72 bits per heavy atom. The number of pyridine rings is 1. The maximum absolute atomic E-state index is 4.92. The van der Waals surface area contributed by atoms with Crippen LogP contribution in [0.2, 0.25) is 0 Å². The van der Waals surface area contributed by atoms with Gasteiger partial charge in [0.2, 0.25) is 0 Å². The second-order valence-electron chi connectivity index (χ2n) is 6.74. The molecular weight excluding hydrogens is 308 g/mol. The zero-order valence-electron chi connectivity index (χ0n) is 14.5. The Morgan fingerprint density at radius 1 is 1.04 bits per heavy atom. The molecule has 3 heterocycles. The summed E-state index contributed by atoms with van der Waals surface area (Å²) in [5.41, 5.74) is 6.03. The predicted molar refractivity (Wildman–Crippen MR) is 105 cm³/mol. The Kier molecular flexibility index (Phi) is 3.38. The van der Waals surface area contributed by atoms with Crippen LogP contribution in [0.3, 0.4) is 0 Å². The lowest BCUT2D eigenvalue weighted by Crippen LogP contribution is -2.43. The number of anilines is 1. The van der Waals surface area contributed by atoms with Crippen LogP contribution in [0.5, 0.6) is 0 Å². The maximum atomic E-state index is 4.92. The van der Waals surface area contributed by atoms with E-state index in [9.17, 15) is 0 Å². The van der Waals surface area contributed by atoms with Crippen molar-refractivity contribution < 1.29 is 0 Å². The van der Waals surface area contributed by atoms with Crippen molar-refractivity contribution in [1.82, 2.24) is 14.9 Å². The normalized spacial score (nSPS) is 15.5. The van der Waals surface area contributed by atoms with Crippen molar-refractivity contribution in [2.75, 3.05) is 31.1 Å². The molecule has 0 unspecified atom stereocenters. The highest BCUT2D eigenvalue weighted by molar-refractivity contribution is 6.06. The molecule has 4 nitrogen and oxygen atoms in total. The average molecular weight is 330 g/mol. The smallest absolute Gasteiger partial charge is 0.0824 e. The third-order valence-electron chi connectivity index (χ3n) is 5.34. The highest BCUT2D eigenvalue weighted by Crippen LogP contribution is 2.37. The molecule has 0 radical (unpaired) electrons. The fourth-order valence-corrected chi connectivity index (χ4v) is 4.01. The molecule has 4 heteroatoms. The summed E-state index contributed by atoms with van der Waals surface area (Å²) in [6.07, 6.45) is 2.27. The van der Waals surface area contributed by atoms with E-state index in [1.54, 1.807) is 0 Å². The van der Waals surface area contributed by atoms with E-state index in [1.807, 2.05) is 0 Å². The summed E-state index contributed by atoms with van der Waals surface area (Å²) in [4.78, 5) is 7.39. The molecule has 0 amide bonds. The van der Waals surface area contributed by atoms with Gasteiger partial charge in [-0.3, -0.25) is 0 Å². The summed E-state index contributed by atoms with van der Waals surface area (Å²) in [6.45, 7) is 7.41. The Hall–Kier alpha value is -2.59. The molecule has 0 bridgehead atoms. The van der Waals surface area contributed by atoms with E-state index in [0.29, 0.717) is 0 Å². The van der Waals surface area contributed by atoms with E-state index in [0.717, 1.165) is 43.9 Å². The molecule has 0 atom stereocenters. The van der Waals surface area contributed by atoms with Crippen LogP contribution in [0.25, 0.3) is 33.1 Å². The largest absolute Gasteiger partial charge is 0.369 e. The summed E-state index contributed by atoms with van der Waals surface area (Å²) in [5, 5.41) is 5.91. The fourth-order valence-electron chi connectivity index (χ4n) is 4.01. The summed E-state index contributed by atoms with van der Waals surface area (Å²) in [7, 11) is 0. The van der Waals surface area contributed by atoms with Gasteiger partial charge in [0.25, 0.3) is 0 Å². The van der Waals surface area contributed by atoms with Crippen molar-refractivity contribution in [3.63, 3.8) is 0 Å². The van der Waals surface area contributed by atoms with Crippen LogP contribution in [-0.4, -0.2) is 35.7 Å². The number of hydrogen-bond acceptors (Lipinski definition) is 3. The third kappa shape index (κ3) is 2.29. The molecule has 1 fully saturated rings. The van der Waals surface area contributed by atoms with Gasteiger partial charge in [-0.25, -0.2) is 4.98 Å². The molecule has 0 spiro atoms. The number of benzene rings is 2. The molecule has 1 N–H and O–H groups in total. The zero-order valence-corrected chi connectivity index (χ0v) is 14.5. The summed E-state index contributed by atoms with van der Waals surface area (Å²) in [5.74, 6) is 0. The molecule has 2 aromatic carbocycles. The molecule has 0 aliphatic carbocycles. The topological polar surface area (TPSA) is 33.1 Å². The van der Waals surface area contributed by atoms with Gasteiger partial charge in [-0.1, -0.05) is 18.2 Å². The van der Waals surface area contributed by atoms with Gasteiger partial charge in [-0.15, -0.1) is 0 Å². The van der Waals surface area contributed by atoms with Gasteiger partial charge in [0.15, 0.2) is 0 Å². The SMILES string of the molecule is CCn1cc2c3ccccc3nc-2c2ccc(N3CCNCC3)cc21. The van der Waals surface area contributed by atoms with E-state index in [1.165, 1.54) is 27.5 Å². The van der Waals surface area contributed by atoms with Crippen molar-refractivity contribution in [2.24, 2.45) is 0 Å². The number of para-hydroxylation sites is 1. The van der Waals surface area contributed by atoms with Crippen molar-refractivity contribution in [3.8, 4) is 11.3 Å². The van der Waals surface area contributed by atoms with Gasteiger partial charge in [-0.2, -0.15) is 0 Å². The van der Waals surface area contributed by atoms with Gasteiger partial charge in [0.1, 0.15) is 0 Å². The first-order chi connectivity index (χ1) is 12.3. The Morgan fingerprint density at radius 2 is 1.88 bits per heavy atom. The Labute approximate surface area is 147 Å². The van der Waals surface area contributed by atoms with Crippen LogP contribution in [0, 0.1) is 0 Å². The first-order valence-corrected chi connectivity index (χ1v) is 9.12. The van der Waals surface area contributed by atoms with Crippen LogP contribution in [0.15, 0.2) is 48.7 Å². The number of piperazine rings is 1. The maximum Gasteiger partial charge on any atom is 0.0824 e. The van der Waals surface area contributed by atoms with Crippen LogP contribution in [0.4, 0.5) is 5.69 Å². The van der Waals surface area contributed by atoms with Crippen molar-refractivity contribution in [2.45, 2.75) is 13.5 Å². The molecule has 25 heavy (non-hydrogen) atoms. The monoisotopic (exact) mass is 330 g/mol. The molecule has 3 aliphatic rings. The van der Waals surface area contributed by atoms with Gasteiger partial charge in [0, 0.05) is 60.9 Å². The van der Waals surface area contributed by atoms with Crippen molar-refractivity contribution >= 4 is 27.5 Å². The number of aryl methyl sites for hydroxylation is 1. The molecule has 2 aromatic rings. The van der Waals surface area contributed by atoms with E-state index in [2.05, 4.69) is 70.4 Å². The lowest BCUT2D eigenvalue weighted by molar-refractivity contribution is 0.589. The third-order valence-corrected chi connectivity index (χ3v) is 5.34. The average Bonchev–Trinajstić information content (AvgIpc) is 3.06. The minimum atomic E-state index is 0.955. The Bertz CT molecular complexity index is 1030. The quantitative estimate of drug-likeness (QED) is 0.608. The molecule has 5 rings (SSSR count). The highest BCUT2D eigenvalue weighted by atomic mass is 15.2. The van der Waals surface area contributed by atoms with Crippen LogP contribution in [-0.2, 0) is 6.54 Å². The van der Waals surface area contributed by atoms with Gasteiger partial charge >= 0.3 is 0 Å². The fraction of sp³-hybridized carbons (Fsp3) is 0.286. The van der Waals surface area contributed by atoms with Crippen LogP contribution in [0.1, 0.15) is 6.92 Å². The number of nitrogens with one attached hydrogen (secondary N) is 1. The molecule has 126 valence electrons. The van der Waals surface area contributed by atoms with E-state index in [-0.39, 0.29) is 0 Å². The first kappa shape index (κ1) is 14.7. The van der Waals surface area contributed by atoms with Gasteiger partial charge < -0.3 is 14.8 Å². The minimum Gasteiger partial charge on any atom is -0.369 e. The first-order valence-electron chi connectivity index (χ1n) is 9.12. The summed E-state index contributed by atoms with van der Waals surface area (Å²) >= 11 is 0. The number of nitrogens with zero attached hydrogens (tertiary/aromatic N) is 3. The van der Waals surface area contributed by atoms with Crippen molar-refractivity contribution in [1.29, 1.82) is 0 Å². The predicted octanol–water partition coefficient (Wildman–Crippen LogP) is 3.72. The summed E-state index contributed by atoms with van der Waals surface area (Å²) < 4.78 is 2.36. The standard InChI is InChI=1S/C21H22N4/c1-2-24-14-18-16-5-3-4-6-19(16)23-21(18)17-8-7-15(13-20(17)24)25-11-9-22-10-12-25/h3-8,13-14,22H,2,9-12H2,1H3. The summed E-state index contributed by atoms with van der Waals surface area (Å²) in [6, 6.07) is 15.3. The number of fused-ring (bicyclic) bond motifs is 5. The van der Waals surface area contributed by atoms with Gasteiger partial charge in [-0.05, 0) is 31.2 Å². The van der Waals surface area contributed by atoms with Crippen LogP contribution < -0.4 is 10.2 Å². The molecule has 1 saturated heterocycles. The number of hydrogen-bond donors (Lipinski definition) is 1. The molecule has 0 saturated carbocycles. The van der Waals surface area contributed by atoms with E-state index < -0.39 is 0 Å². The zero-order chi connectivity index (χ0) is 16.8. The van der Waals surface area contributed by atoms with E-state index >= 15 is 0 Å². The Balaban J connectivity index is 1.77. The number of aromatic nitrogens is 2. The second kappa shape index (κ2) is 5.74. The number of rotatable bonds is 2. The molecular formula is C21H22N4. The lowest BCUT2D eigenvalue weighted by atomic mass is 10.0. The van der Waals surface area contributed by atoms with Crippen LogP contribution >= 0.6 is 0 Å². The van der Waals surface area contributed by atoms with E-state index in [4.69, 9.17) is 4.98 Å². The lowest BCUT2D eigenvalue weighted by Gasteiger charge is -2.30. The minimum absolute atomic E-state index is 0.955.